The van der Waals surface area contributed by atoms with E-state index in [1.807, 2.05) is 31.2 Å². The highest BCUT2D eigenvalue weighted by atomic mass is 32.2. The summed E-state index contributed by atoms with van der Waals surface area (Å²) in [6, 6.07) is 8.01. The van der Waals surface area contributed by atoms with Crippen LogP contribution in [-0.4, -0.2) is 26.9 Å². The summed E-state index contributed by atoms with van der Waals surface area (Å²) < 4.78 is 28.6. The van der Waals surface area contributed by atoms with Crippen LogP contribution in [0.15, 0.2) is 24.3 Å². The fourth-order valence-electron chi connectivity index (χ4n) is 2.52. The number of aryl methyl sites for hydroxylation is 1. The Labute approximate surface area is 108 Å². The second kappa shape index (κ2) is 5.38. The molecule has 0 aliphatic carbocycles. The van der Waals surface area contributed by atoms with Crippen LogP contribution in [0.25, 0.3) is 0 Å². The SMILES string of the molecule is Cc1ccccc1CC1COCCC1S(N)(=O)=O. The number of sulfonamides is 1. The molecule has 2 N–H and O–H groups in total. The normalized spacial score (nSPS) is 25.0. The van der Waals surface area contributed by atoms with Crippen LogP contribution in [0.4, 0.5) is 0 Å². The predicted molar refractivity (Wildman–Crippen MR) is 70.7 cm³/mol. The van der Waals surface area contributed by atoms with E-state index in [0.29, 0.717) is 26.1 Å². The fourth-order valence-corrected chi connectivity index (χ4v) is 3.66. The largest absolute Gasteiger partial charge is 0.381 e. The molecule has 1 saturated heterocycles. The minimum Gasteiger partial charge on any atom is -0.381 e. The zero-order valence-electron chi connectivity index (χ0n) is 10.5. The van der Waals surface area contributed by atoms with Gasteiger partial charge in [0.05, 0.1) is 11.9 Å². The molecule has 0 spiro atoms. The first kappa shape index (κ1) is 13.5. The van der Waals surface area contributed by atoms with Crippen molar-refractivity contribution < 1.29 is 13.2 Å². The summed E-state index contributed by atoms with van der Waals surface area (Å²) in [6.07, 6.45) is 1.20. The van der Waals surface area contributed by atoms with Crippen molar-refractivity contribution in [2.24, 2.45) is 11.1 Å². The van der Waals surface area contributed by atoms with Crippen LogP contribution < -0.4 is 5.14 Å². The Hall–Kier alpha value is -0.910. The van der Waals surface area contributed by atoms with Crippen molar-refractivity contribution in [2.75, 3.05) is 13.2 Å². The third-order valence-corrected chi connectivity index (χ3v) is 5.03. The van der Waals surface area contributed by atoms with Crippen LogP contribution in [0.3, 0.4) is 0 Å². The molecule has 5 heteroatoms. The van der Waals surface area contributed by atoms with Gasteiger partial charge in [0.2, 0.25) is 10.0 Å². The molecule has 0 saturated carbocycles. The first-order valence-electron chi connectivity index (χ1n) is 6.12. The molecule has 18 heavy (non-hydrogen) atoms. The Morgan fingerprint density at radius 2 is 2.11 bits per heavy atom. The van der Waals surface area contributed by atoms with Crippen LogP contribution in [0.2, 0.25) is 0 Å². The van der Waals surface area contributed by atoms with Crippen molar-refractivity contribution in [1.29, 1.82) is 0 Å². The highest BCUT2D eigenvalue weighted by Gasteiger charge is 2.34. The first-order valence-corrected chi connectivity index (χ1v) is 7.73. The van der Waals surface area contributed by atoms with Crippen molar-refractivity contribution in [3.8, 4) is 0 Å². The maximum Gasteiger partial charge on any atom is 0.212 e. The molecule has 1 aliphatic rings. The molecule has 0 amide bonds. The summed E-state index contributed by atoms with van der Waals surface area (Å²) in [7, 11) is -3.49. The zero-order chi connectivity index (χ0) is 13.2. The standard InChI is InChI=1S/C13H19NO3S/c1-10-4-2-3-5-11(10)8-12-9-17-7-6-13(12)18(14,15)16/h2-5,12-13H,6-9H2,1H3,(H2,14,15,16). The van der Waals surface area contributed by atoms with Crippen LogP contribution in [-0.2, 0) is 21.2 Å². The summed E-state index contributed by atoms with van der Waals surface area (Å²) >= 11 is 0. The molecular weight excluding hydrogens is 250 g/mol. The number of hydrogen-bond acceptors (Lipinski definition) is 3. The van der Waals surface area contributed by atoms with E-state index in [4.69, 9.17) is 9.88 Å². The number of benzene rings is 1. The van der Waals surface area contributed by atoms with Crippen LogP contribution >= 0.6 is 0 Å². The van der Waals surface area contributed by atoms with E-state index >= 15 is 0 Å². The summed E-state index contributed by atoms with van der Waals surface area (Å²) in [6.45, 7) is 2.98. The van der Waals surface area contributed by atoms with Gasteiger partial charge in [0, 0.05) is 12.5 Å². The Bertz CT molecular complexity index is 513. The Morgan fingerprint density at radius 1 is 1.39 bits per heavy atom. The van der Waals surface area contributed by atoms with Crippen molar-refractivity contribution in [2.45, 2.75) is 25.0 Å². The Kier molecular flexibility index (Phi) is 4.04. The molecule has 0 aromatic heterocycles. The smallest absolute Gasteiger partial charge is 0.212 e. The molecular formula is C13H19NO3S. The van der Waals surface area contributed by atoms with E-state index in [1.54, 1.807) is 0 Å². The van der Waals surface area contributed by atoms with Crippen molar-refractivity contribution in [3.05, 3.63) is 35.4 Å². The van der Waals surface area contributed by atoms with Crippen LogP contribution in [0.1, 0.15) is 17.5 Å². The second-order valence-corrected chi connectivity index (χ2v) is 6.67. The van der Waals surface area contributed by atoms with Gasteiger partial charge in [-0.3, -0.25) is 0 Å². The van der Waals surface area contributed by atoms with Gasteiger partial charge in [-0.25, -0.2) is 13.6 Å². The number of rotatable bonds is 3. The third kappa shape index (κ3) is 3.10. The van der Waals surface area contributed by atoms with E-state index in [9.17, 15) is 8.42 Å². The van der Waals surface area contributed by atoms with Gasteiger partial charge in [-0.1, -0.05) is 24.3 Å². The minimum atomic E-state index is -3.49. The molecule has 4 nitrogen and oxygen atoms in total. The summed E-state index contributed by atoms with van der Waals surface area (Å²) in [5, 5.41) is 4.83. The van der Waals surface area contributed by atoms with Gasteiger partial charge in [-0.05, 0) is 30.9 Å². The lowest BCUT2D eigenvalue weighted by Gasteiger charge is -2.30. The topological polar surface area (TPSA) is 69.4 Å². The van der Waals surface area contributed by atoms with Crippen molar-refractivity contribution >= 4 is 10.0 Å². The number of primary sulfonamides is 1. The maximum atomic E-state index is 11.6. The quantitative estimate of drug-likeness (QED) is 0.897. The maximum absolute atomic E-state index is 11.6. The second-order valence-electron chi connectivity index (χ2n) is 4.88. The van der Waals surface area contributed by atoms with E-state index < -0.39 is 15.3 Å². The van der Waals surface area contributed by atoms with E-state index in [-0.39, 0.29) is 5.92 Å². The van der Waals surface area contributed by atoms with E-state index in [2.05, 4.69) is 0 Å². The third-order valence-electron chi connectivity index (χ3n) is 3.57. The van der Waals surface area contributed by atoms with Gasteiger partial charge in [0.1, 0.15) is 0 Å². The van der Waals surface area contributed by atoms with E-state index in [0.717, 1.165) is 0 Å². The summed E-state index contributed by atoms with van der Waals surface area (Å²) in [5.41, 5.74) is 2.35. The monoisotopic (exact) mass is 269 g/mol. The minimum absolute atomic E-state index is 0.0464. The molecule has 0 radical (unpaired) electrons. The molecule has 1 aromatic rings. The number of hydrogen-bond donors (Lipinski definition) is 1. The van der Waals surface area contributed by atoms with E-state index in [1.165, 1.54) is 11.1 Å². The van der Waals surface area contributed by atoms with Crippen LogP contribution in [0.5, 0.6) is 0 Å². The van der Waals surface area contributed by atoms with Crippen molar-refractivity contribution in [3.63, 3.8) is 0 Å². The van der Waals surface area contributed by atoms with Gasteiger partial charge < -0.3 is 4.74 Å². The Morgan fingerprint density at radius 3 is 2.78 bits per heavy atom. The molecule has 0 bridgehead atoms. The first-order chi connectivity index (χ1) is 8.48. The Balaban J connectivity index is 2.18. The molecule has 1 fully saturated rings. The molecule has 2 atom stereocenters. The van der Waals surface area contributed by atoms with Gasteiger partial charge in [0.15, 0.2) is 0 Å². The number of ether oxygens (including phenoxy) is 1. The predicted octanol–water partition coefficient (Wildman–Crippen LogP) is 1.23. The van der Waals surface area contributed by atoms with Crippen molar-refractivity contribution in [1.82, 2.24) is 0 Å². The highest BCUT2D eigenvalue weighted by Crippen LogP contribution is 2.25. The molecule has 1 aromatic carbocycles. The lowest BCUT2D eigenvalue weighted by atomic mass is 9.91. The summed E-state index contributed by atoms with van der Waals surface area (Å²) in [4.78, 5) is 0. The summed E-state index contributed by atoms with van der Waals surface area (Å²) in [5.74, 6) is -0.0464. The fraction of sp³-hybridized carbons (Fsp3) is 0.538. The molecule has 1 heterocycles. The van der Waals surface area contributed by atoms with Gasteiger partial charge in [-0.2, -0.15) is 0 Å². The lowest BCUT2D eigenvalue weighted by molar-refractivity contribution is 0.0572. The lowest BCUT2D eigenvalue weighted by Crippen LogP contribution is -2.42. The molecule has 2 rings (SSSR count). The van der Waals surface area contributed by atoms with Gasteiger partial charge in [0.25, 0.3) is 0 Å². The van der Waals surface area contributed by atoms with Gasteiger partial charge in [-0.15, -0.1) is 0 Å². The zero-order valence-corrected chi connectivity index (χ0v) is 11.3. The average molecular weight is 269 g/mol. The molecule has 100 valence electrons. The number of nitrogens with two attached hydrogens (primary N) is 1. The molecule has 2 unspecified atom stereocenters. The highest BCUT2D eigenvalue weighted by molar-refractivity contribution is 7.89. The van der Waals surface area contributed by atoms with Gasteiger partial charge >= 0.3 is 0 Å². The average Bonchev–Trinajstić information content (AvgIpc) is 2.31. The molecule has 1 aliphatic heterocycles. The van der Waals surface area contributed by atoms with Crippen LogP contribution in [0, 0.1) is 12.8 Å².